The molecule has 0 unspecified atom stereocenters. The molecule has 94 valence electrons. The molecule has 1 heterocycles. The first-order chi connectivity index (χ1) is 8.15. The predicted molar refractivity (Wildman–Crippen MR) is 69.1 cm³/mol. The Bertz CT molecular complexity index is 386. The smallest absolute Gasteiger partial charge is 0.221 e. The van der Waals surface area contributed by atoms with Crippen molar-refractivity contribution in [2.45, 2.75) is 32.4 Å². The Balaban J connectivity index is 1.74. The Morgan fingerprint density at radius 2 is 2.35 bits per heavy atom. The van der Waals surface area contributed by atoms with Gasteiger partial charge in [-0.2, -0.15) is 0 Å². The fraction of sp³-hybridized carbons (Fsp3) is 0.583. The van der Waals surface area contributed by atoms with Crippen molar-refractivity contribution in [3.05, 3.63) is 16.3 Å². The van der Waals surface area contributed by atoms with Crippen LogP contribution in [0.4, 0.5) is 5.69 Å². The maximum Gasteiger partial charge on any atom is 0.221 e. The van der Waals surface area contributed by atoms with Gasteiger partial charge < -0.3 is 15.7 Å². The highest BCUT2D eigenvalue weighted by molar-refractivity contribution is 7.10. The summed E-state index contributed by atoms with van der Waals surface area (Å²) in [6, 6.07) is 1.93. The molecule has 0 radical (unpaired) electrons. The Kier molecular flexibility index (Phi) is 4.15. The molecule has 1 saturated carbocycles. The number of aliphatic hydroxyl groups excluding tert-OH is 1. The molecule has 0 aromatic carbocycles. The Labute approximate surface area is 105 Å². The molecule has 0 spiro atoms. The standard InChI is InChI=1S/C12H18N2O2S/c1-8(15)14-11-2-3-17-12(11)7-13-6-9-4-10(16)5-9/h2-3,9-10,13,16H,4-7H2,1H3,(H,14,15). The van der Waals surface area contributed by atoms with E-state index >= 15 is 0 Å². The van der Waals surface area contributed by atoms with Crippen molar-refractivity contribution in [3.8, 4) is 0 Å². The fourth-order valence-corrected chi connectivity index (χ4v) is 2.84. The normalized spacial score (nSPS) is 23.2. The average Bonchev–Trinajstić information content (AvgIpc) is 2.62. The van der Waals surface area contributed by atoms with E-state index in [2.05, 4.69) is 10.6 Å². The molecule has 1 amide bonds. The van der Waals surface area contributed by atoms with Crippen molar-refractivity contribution in [1.29, 1.82) is 0 Å². The lowest BCUT2D eigenvalue weighted by molar-refractivity contribution is -0.114. The maximum atomic E-state index is 11.0. The number of nitrogens with one attached hydrogen (secondary N) is 2. The number of amides is 1. The lowest BCUT2D eigenvalue weighted by Crippen LogP contribution is -2.35. The summed E-state index contributed by atoms with van der Waals surface area (Å²) < 4.78 is 0. The van der Waals surface area contributed by atoms with Gasteiger partial charge in [0, 0.05) is 18.3 Å². The molecule has 0 aliphatic heterocycles. The van der Waals surface area contributed by atoms with E-state index in [0.29, 0.717) is 5.92 Å². The lowest BCUT2D eigenvalue weighted by Gasteiger charge is -2.31. The van der Waals surface area contributed by atoms with Crippen molar-refractivity contribution >= 4 is 22.9 Å². The van der Waals surface area contributed by atoms with Crippen LogP contribution < -0.4 is 10.6 Å². The first-order valence-corrected chi connectivity index (χ1v) is 6.76. The van der Waals surface area contributed by atoms with Crippen molar-refractivity contribution in [2.24, 2.45) is 5.92 Å². The van der Waals surface area contributed by atoms with Crippen LogP contribution in [0.15, 0.2) is 11.4 Å². The van der Waals surface area contributed by atoms with E-state index in [0.717, 1.165) is 36.5 Å². The van der Waals surface area contributed by atoms with Crippen LogP contribution in [0.25, 0.3) is 0 Å². The summed E-state index contributed by atoms with van der Waals surface area (Å²) in [5.41, 5.74) is 0.906. The second-order valence-corrected chi connectivity index (χ2v) is 5.56. The molecule has 0 atom stereocenters. The number of carbonyl (C=O) groups excluding carboxylic acids is 1. The minimum atomic E-state index is -0.0847. The minimum absolute atomic E-state index is 0.0354. The third-order valence-electron chi connectivity index (χ3n) is 2.99. The molecule has 1 aromatic heterocycles. The monoisotopic (exact) mass is 254 g/mol. The van der Waals surface area contributed by atoms with Crippen LogP contribution in [-0.4, -0.2) is 23.7 Å². The van der Waals surface area contributed by atoms with Gasteiger partial charge in [0.05, 0.1) is 11.8 Å². The van der Waals surface area contributed by atoms with E-state index in [4.69, 9.17) is 0 Å². The van der Waals surface area contributed by atoms with Gasteiger partial charge in [0.25, 0.3) is 0 Å². The van der Waals surface area contributed by atoms with Gasteiger partial charge in [0.15, 0.2) is 0 Å². The SMILES string of the molecule is CC(=O)Nc1ccsc1CNCC1CC(O)C1. The topological polar surface area (TPSA) is 61.4 Å². The molecule has 1 fully saturated rings. The Morgan fingerprint density at radius 3 is 3.00 bits per heavy atom. The largest absolute Gasteiger partial charge is 0.393 e. The number of rotatable bonds is 5. The molecule has 4 nitrogen and oxygen atoms in total. The van der Waals surface area contributed by atoms with Gasteiger partial charge in [-0.25, -0.2) is 0 Å². The number of hydrogen-bond donors (Lipinski definition) is 3. The van der Waals surface area contributed by atoms with Crippen LogP contribution in [0.1, 0.15) is 24.6 Å². The zero-order valence-corrected chi connectivity index (χ0v) is 10.7. The van der Waals surface area contributed by atoms with Gasteiger partial charge in [0.2, 0.25) is 5.91 Å². The van der Waals surface area contributed by atoms with Crippen LogP contribution in [0.3, 0.4) is 0 Å². The molecule has 5 heteroatoms. The zero-order chi connectivity index (χ0) is 12.3. The number of thiophene rings is 1. The molecular formula is C12H18N2O2S. The van der Waals surface area contributed by atoms with E-state index in [1.54, 1.807) is 11.3 Å². The highest BCUT2D eigenvalue weighted by Gasteiger charge is 2.26. The summed E-state index contributed by atoms with van der Waals surface area (Å²) in [4.78, 5) is 12.1. The van der Waals surface area contributed by atoms with E-state index < -0.39 is 0 Å². The number of aliphatic hydroxyl groups is 1. The summed E-state index contributed by atoms with van der Waals surface area (Å²) in [6.45, 7) is 3.24. The van der Waals surface area contributed by atoms with E-state index in [-0.39, 0.29) is 12.0 Å². The zero-order valence-electron chi connectivity index (χ0n) is 9.90. The second-order valence-electron chi connectivity index (χ2n) is 4.56. The summed E-state index contributed by atoms with van der Waals surface area (Å²) in [6.07, 6.45) is 1.74. The molecule has 17 heavy (non-hydrogen) atoms. The molecular weight excluding hydrogens is 236 g/mol. The molecule has 0 bridgehead atoms. The number of hydrogen-bond acceptors (Lipinski definition) is 4. The quantitative estimate of drug-likeness (QED) is 0.747. The molecule has 0 saturated heterocycles. The van der Waals surface area contributed by atoms with Crippen molar-refractivity contribution in [2.75, 3.05) is 11.9 Å². The van der Waals surface area contributed by atoms with Crippen LogP contribution in [0.5, 0.6) is 0 Å². The summed E-state index contributed by atoms with van der Waals surface area (Å²) in [5, 5.41) is 17.3. The molecule has 3 N–H and O–H groups in total. The van der Waals surface area contributed by atoms with E-state index in [9.17, 15) is 9.90 Å². The second kappa shape index (κ2) is 5.62. The van der Waals surface area contributed by atoms with Gasteiger partial charge in [0.1, 0.15) is 0 Å². The van der Waals surface area contributed by atoms with Crippen molar-refractivity contribution in [3.63, 3.8) is 0 Å². The van der Waals surface area contributed by atoms with Gasteiger partial charge in [-0.3, -0.25) is 4.79 Å². The predicted octanol–water partition coefficient (Wildman–Crippen LogP) is 1.57. The molecule has 2 rings (SSSR count). The van der Waals surface area contributed by atoms with Crippen molar-refractivity contribution in [1.82, 2.24) is 5.32 Å². The van der Waals surface area contributed by atoms with Gasteiger partial charge >= 0.3 is 0 Å². The third kappa shape index (κ3) is 3.52. The average molecular weight is 254 g/mol. The minimum Gasteiger partial charge on any atom is -0.393 e. The summed E-state index contributed by atoms with van der Waals surface area (Å²) in [5.74, 6) is 0.570. The van der Waals surface area contributed by atoms with Crippen LogP contribution in [0.2, 0.25) is 0 Å². The Morgan fingerprint density at radius 1 is 1.59 bits per heavy atom. The number of anilines is 1. The van der Waals surface area contributed by atoms with Crippen LogP contribution in [-0.2, 0) is 11.3 Å². The summed E-state index contributed by atoms with van der Waals surface area (Å²) >= 11 is 1.64. The van der Waals surface area contributed by atoms with Crippen LogP contribution in [0, 0.1) is 5.92 Å². The highest BCUT2D eigenvalue weighted by atomic mass is 32.1. The number of carbonyl (C=O) groups is 1. The molecule has 1 aliphatic rings. The van der Waals surface area contributed by atoms with Gasteiger partial charge in [-0.05, 0) is 36.8 Å². The van der Waals surface area contributed by atoms with E-state index in [1.807, 2.05) is 11.4 Å². The first-order valence-electron chi connectivity index (χ1n) is 5.88. The maximum absolute atomic E-state index is 11.0. The third-order valence-corrected chi connectivity index (χ3v) is 3.91. The van der Waals surface area contributed by atoms with E-state index in [1.165, 1.54) is 6.92 Å². The van der Waals surface area contributed by atoms with Gasteiger partial charge in [-0.15, -0.1) is 11.3 Å². The van der Waals surface area contributed by atoms with Gasteiger partial charge in [-0.1, -0.05) is 0 Å². The highest BCUT2D eigenvalue weighted by Crippen LogP contribution is 2.27. The Hall–Kier alpha value is -0.910. The lowest BCUT2D eigenvalue weighted by atomic mass is 9.82. The summed E-state index contributed by atoms with van der Waals surface area (Å²) in [7, 11) is 0. The molecule has 1 aromatic rings. The van der Waals surface area contributed by atoms with Crippen LogP contribution >= 0.6 is 11.3 Å². The molecule has 1 aliphatic carbocycles. The fourth-order valence-electron chi connectivity index (χ4n) is 2.04. The van der Waals surface area contributed by atoms with Crippen molar-refractivity contribution < 1.29 is 9.90 Å². The first kappa shape index (κ1) is 12.5.